The maximum absolute atomic E-state index is 12.8. The van der Waals surface area contributed by atoms with Crippen molar-refractivity contribution in [2.24, 2.45) is 0 Å². The monoisotopic (exact) mass is 511 g/mol. The highest BCUT2D eigenvalue weighted by Gasteiger charge is 2.23. The van der Waals surface area contributed by atoms with Crippen molar-refractivity contribution < 1.29 is 14.3 Å². The number of methoxy groups -OCH3 is 1. The molecule has 35 heavy (non-hydrogen) atoms. The van der Waals surface area contributed by atoms with E-state index in [-0.39, 0.29) is 18.2 Å². The number of piperazine rings is 1. The summed E-state index contributed by atoms with van der Waals surface area (Å²) in [6.45, 7) is 3.10. The van der Waals surface area contributed by atoms with Gasteiger partial charge < -0.3 is 19.9 Å². The van der Waals surface area contributed by atoms with Crippen LogP contribution in [0.2, 0.25) is 10.0 Å². The van der Waals surface area contributed by atoms with Crippen molar-refractivity contribution in [3.8, 4) is 5.75 Å². The fourth-order valence-corrected chi connectivity index (χ4v) is 4.56. The Balaban J connectivity index is 1.27. The van der Waals surface area contributed by atoms with Crippen LogP contribution in [0.1, 0.15) is 21.5 Å². The Bertz CT molecular complexity index is 1160. The van der Waals surface area contributed by atoms with Gasteiger partial charge in [-0.1, -0.05) is 41.4 Å². The third kappa shape index (κ3) is 6.27. The molecule has 3 aromatic rings. The predicted octanol–water partition coefficient (Wildman–Crippen LogP) is 4.82. The van der Waals surface area contributed by atoms with Crippen molar-refractivity contribution >= 4 is 40.7 Å². The van der Waals surface area contributed by atoms with Crippen molar-refractivity contribution in [3.63, 3.8) is 0 Å². The largest absolute Gasteiger partial charge is 0.497 e. The summed E-state index contributed by atoms with van der Waals surface area (Å²) in [5, 5.41) is 3.96. The lowest BCUT2D eigenvalue weighted by atomic mass is 10.1. The van der Waals surface area contributed by atoms with Crippen LogP contribution in [0.25, 0.3) is 0 Å². The van der Waals surface area contributed by atoms with E-state index in [1.54, 1.807) is 25.3 Å². The molecular weight excluding hydrogens is 485 g/mol. The van der Waals surface area contributed by atoms with Crippen LogP contribution in [-0.4, -0.2) is 50.0 Å². The number of anilines is 1. The third-order valence-corrected chi connectivity index (χ3v) is 6.84. The molecule has 1 aliphatic rings. The van der Waals surface area contributed by atoms with E-state index in [2.05, 4.69) is 10.2 Å². The Kier molecular flexibility index (Phi) is 8.16. The fraction of sp³-hybridized carbons (Fsp3) is 0.259. The topological polar surface area (TPSA) is 61.9 Å². The summed E-state index contributed by atoms with van der Waals surface area (Å²) in [5.41, 5.74) is 3.30. The zero-order valence-electron chi connectivity index (χ0n) is 19.5. The lowest BCUT2D eigenvalue weighted by molar-refractivity contribution is -0.130. The number of hydrogen-bond acceptors (Lipinski definition) is 4. The molecule has 3 aromatic carbocycles. The fourth-order valence-electron chi connectivity index (χ4n) is 4.03. The zero-order valence-corrected chi connectivity index (χ0v) is 21.0. The van der Waals surface area contributed by atoms with Crippen LogP contribution in [0.5, 0.6) is 5.75 Å². The number of nitrogens with zero attached hydrogens (tertiary/aromatic N) is 2. The SMILES string of the molecule is COc1ccc(CNC(=O)c2ccc(N3CCN(C(=O)Cc4c(Cl)cccc4Cl)CC3)cc2)cc1. The number of carbonyl (C=O) groups is 2. The Labute approximate surface area is 215 Å². The smallest absolute Gasteiger partial charge is 0.251 e. The number of carbonyl (C=O) groups excluding carboxylic acids is 2. The summed E-state index contributed by atoms with van der Waals surface area (Å²) in [6.07, 6.45) is 0.193. The second-order valence-corrected chi connectivity index (χ2v) is 9.14. The number of rotatable bonds is 7. The first-order chi connectivity index (χ1) is 16.9. The molecule has 0 atom stereocenters. The van der Waals surface area contributed by atoms with Crippen LogP contribution in [0, 0.1) is 0 Å². The minimum Gasteiger partial charge on any atom is -0.497 e. The summed E-state index contributed by atoms with van der Waals surface area (Å²) in [4.78, 5) is 29.4. The molecule has 0 aliphatic carbocycles. The van der Waals surface area contributed by atoms with E-state index in [1.807, 2.05) is 53.4 Å². The molecule has 6 nitrogen and oxygen atoms in total. The van der Waals surface area contributed by atoms with Crippen LogP contribution in [0.4, 0.5) is 5.69 Å². The van der Waals surface area contributed by atoms with Gasteiger partial charge in [0, 0.05) is 54.0 Å². The molecule has 0 aromatic heterocycles. The van der Waals surface area contributed by atoms with Crippen molar-refractivity contribution in [2.45, 2.75) is 13.0 Å². The maximum Gasteiger partial charge on any atom is 0.251 e. The number of benzene rings is 3. The highest BCUT2D eigenvalue weighted by atomic mass is 35.5. The van der Waals surface area contributed by atoms with Gasteiger partial charge in [-0.05, 0) is 59.7 Å². The number of amides is 2. The van der Waals surface area contributed by atoms with Crippen molar-refractivity contribution in [2.75, 3.05) is 38.2 Å². The second-order valence-electron chi connectivity index (χ2n) is 8.32. The molecule has 0 spiro atoms. The average Bonchev–Trinajstić information content (AvgIpc) is 2.90. The normalized spacial score (nSPS) is 13.5. The van der Waals surface area contributed by atoms with E-state index in [1.165, 1.54) is 0 Å². The van der Waals surface area contributed by atoms with Gasteiger partial charge in [0.25, 0.3) is 5.91 Å². The van der Waals surface area contributed by atoms with Crippen LogP contribution in [-0.2, 0) is 17.8 Å². The number of ether oxygens (including phenoxy) is 1. The van der Waals surface area contributed by atoms with E-state index in [4.69, 9.17) is 27.9 Å². The van der Waals surface area contributed by atoms with Gasteiger partial charge in [0.2, 0.25) is 5.91 Å². The molecule has 2 amide bonds. The summed E-state index contributed by atoms with van der Waals surface area (Å²) >= 11 is 12.4. The van der Waals surface area contributed by atoms with E-state index < -0.39 is 0 Å². The molecule has 182 valence electrons. The standard InChI is InChI=1S/C27H27Cl2N3O3/c1-35-22-11-5-19(6-12-22)18-30-27(34)20-7-9-21(10-8-20)31-13-15-32(16-14-31)26(33)17-23-24(28)3-2-4-25(23)29/h2-12H,13-18H2,1H3,(H,30,34). The molecule has 0 bridgehead atoms. The number of halogens is 2. The molecule has 0 saturated carbocycles. The molecule has 4 rings (SSSR count). The molecule has 0 radical (unpaired) electrons. The predicted molar refractivity (Wildman–Crippen MR) is 140 cm³/mol. The van der Waals surface area contributed by atoms with Crippen molar-refractivity contribution in [1.29, 1.82) is 0 Å². The molecule has 1 heterocycles. The molecule has 8 heteroatoms. The third-order valence-electron chi connectivity index (χ3n) is 6.13. The molecule has 1 saturated heterocycles. The van der Waals surface area contributed by atoms with Crippen molar-refractivity contribution in [3.05, 3.63) is 93.5 Å². The van der Waals surface area contributed by atoms with E-state index >= 15 is 0 Å². The van der Waals surface area contributed by atoms with Gasteiger partial charge >= 0.3 is 0 Å². The highest BCUT2D eigenvalue weighted by Crippen LogP contribution is 2.26. The summed E-state index contributed by atoms with van der Waals surface area (Å²) < 4.78 is 5.16. The van der Waals surface area contributed by atoms with Crippen LogP contribution >= 0.6 is 23.2 Å². The Morgan fingerprint density at radius 2 is 1.51 bits per heavy atom. The van der Waals surface area contributed by atoms with E-state index in [0.717, 1.165) is 17.0 Å². The zero-order chi connectivity index (χ0) is 24.8. The number of hydrogen-bond donors (Lipinski definition) is 1. The molecule has 1 N–H and O–H groups in total. The molecule has 1 fully saturated rings. The minimum absolute atomic E-state index is 0.0172. The molecule has 0 unspecified atom stereocenters. The van der Waals surface area contributed by atoms with Crippen LogP contribution in [0.15, 0.2) is 66.7 Å². The van der Waals surface area contributed by atoms with E-state index in [9.17, 15) is 9.59 Å². The lowest BCUT2D eigenvalue weighted by Crippen LogP contribution is -2.49. The highest BCUT2D eigenvalue weighted by molar-refractivity contribution is 6.36. The summed E-state index contributed by atoms with van der Waals surface area (Å²) in [7, 11) is 1.62. The van der Waals surface area contributed by atoms with Gasteiger partial charge in [-0.25, -0.2) is 0 Å². The molecule has 1 aliphatic heterocycles. The quantitative estimate of drug-likeness (QED) is 0.493. The van der Waals surface area contributed by atoms with Gasteiger partial charge in [-0.2, -0.15) is 0 Å². The van der Waals surface area contributed by atoms with Gasteiger partial charge in [0.1, 0.15) is 5.75 Å². The first kappa shape index (κ1) is 24.9. The summed E-state index contributed by atoms with van der Waals surface area (Å²) in [5.74, 6) is 0.676. The van der Waals surface area contributed by atoms with Crippen molar-refractivity contribution in [1.82, 2.24) is 10.2 Å². The van der Waals surface area contributed by atoms with Crippen LogP contribution < -0.4 is 15.0 Å². The lowest BCUT2D eigenvalue weighted by Gasteiger charge is -2.36. The maximum atomic E-state index is 12.8. The second kappa shape index (κ2) is 11.5. The Hall–Kier alpha value is -3.22. The van der Waals surface area contributed by atoms with Gasteiger partial charge in [0.15, 0.2) is 0 Å². The van der Waals surface area contributed by atoms with Gasteiger partial charge in [-0.15, -0.1) is 0 Å². The van der Waals surface area contributed by atoms with Gasteiger partial charge in [0.05, 0.1) is 13.5 Å². The first-order valence-electron chi connectivity index (χ1n) is 11.4. The summed E-state index contributed by atoms with van der Waals surface area (Å²) in [6, 6.07) is 20.4. The Morgan fingerprint density at radius 3 is 2.11 bits per heavy atom. The molecular formula is C27H27Cl2N3O3. The van der Waals surface area contributed by atoms with Gasteiger partial charge in [-0.3, -0.25) is 9.59 Å². The number of nitrogens with one attached hydrogen (secondary N) is 1. The van der Waals surface area contributed by atoms with E-state index in [0.29, 0.717) is 53.9 Å². The Morgan fingerprint density at radius 1 is 0.886 bits per heavy atom. The minimum atomic E-state index is -0.124. The first-order valence-corrected chi connectivity index (χ1v) is 12.2. The average molecular weight is 512 g/mol. The van der Waals surface area contributed by atoms with Crippen LogP contribution in [0.3, 0.4) is 0 Å².